The van der Waals surface area contributed by atoms with Crippen molar-refractivity contribution >= 4 is 17.6 Å². The Morgan fingerprint density at radius 2 is 2.12 bits per heavy atom. The van der Waals surface area contributed by atoms with Gasteiger partial charge in [-0.25, -0.2) is 4.79 Å². The first-order valence-corrected chi connectivity index (χ1v) is 7.44. The van der Waals surface area contributed by atoms with Crippen LogP contribution in [0.5, 0.6) is 5.75 Å². The fraction of sp³-hybridized carbons (Fsp3) is 0.375. The Balaban J connectivity index is 1.95. The van der Waals surface area contributed by atoms with E-state index in [4.69, 9.17) is 14.4 Å². The number of carboxylic acids is 1. The third-order valence-electron chi connectivity index (χ3n) is 3.28. The number of carbonyl (C=O) groups excluding carboxylic acids is 1. The van der Waals surface area contributed by atoms with Gasteiger partial charge in [0.1, 0.15) is 11.3 Å². The predicted octanol–water partition coefficient (Wildman–Crippen LogP) is 2.47. The van der Waals surface area contributed by atoms with E-state index in [2.05, 4.69) is 15.5 Å². The van der Waals surface area contributed by atoms with Gasteiger partial charge in [-0.2, -0.15) is 4.98 Å². The van der Waals surface area contributed by atoms with E-state index in [0.717, 1.165) is 0 Å². The molecular formula is C16H19N3O5. The Morgan fingerprint density at radius 3 is 2.71 bits per heavy atom. The fourth-order valence-corrected chi connectivity index (χ4v) is 1.99. The van der Waals surface area contributed by atoms with Crippen LogP contribution in [-0.2, 0) is 11.2 Å². The molecule has 24 heavy (non-hydrogen) atoms. The second-order valence-corrected chi connectivity index (χ2v) is 5.47. The predicted molar refractivity (Wildman–Crippen MR) is 85.3 cm³/mol. The molecule has 0 radical (unpaired) electrons. The number of amides is 1. The van der Waals surface area contributed by atoms with Gasteiger partial charge in [-0.3, -0.25) is 4.79 Å². The molecule has 1 amide bonds. The van der Waals surface area contributed by atoms with Crippen LogP contribution < -0.4 is 10.1 Å². The molecule has 2 aromatic rings. The normalized spacial score (nSPS) is 10.7. The second-order valence-electron chi connectivity index (χ2n) is 5.47. The maximum atomic E-state index is 12.0. The van der Waals surface area contributed by atoms with Crippen molar-refractivity contribution < 1.29 is 24.0 Å². The van der Waals surface area contributed by atoms with Gasteiger partial charge in [0.15, 0.2) is 5.82 Å². The van der Waals surface area contributed by atoms with Crippen LogP contribution in [0.4, 0.5) is 5.69 Å². The van der Waals surface area contributed by atoms with Gasteiger partial charge >= 0.3 is 5.97 Å². The van der Waals surface area contributed by atoms with Gasteiger partial charge in [-0.1, -0.05) is 19.0 Å². The van der Waals surface area contributed by atoms with Gasteiger partial charge in [-0.15, -0.1) is 0 Å². The smallest absolute Gasteiger partial charge is 0.339 e. The highest BCUT2D eigenvalue weighted by Gasteiger charge is 2.14. The Morgan fingerprint density at radius 1 is 1.38 bits per heavy atom. The molecule has 0 aliphatic carbocycles. The van der Waals surface area contributed by atoms with Gasteiger partial charge in [0.05, 0.1) is 7.11 Å². The number of hydrogen-bond acceptors (Lipinski definition) is 6. The Hall–Kier alpha value is -2.90. The molecule has 1 aromatic carbocycles. The molecule has 0 fully saturated rings. The summed E-state index contributed by atoms with van der Waals surface area (Å²) in [5.41, 5.74) is 0.484. The molecule has 128 valence electrons. The lowest BCUT2D eigenvalue weighted by atomic mass is 10.1. The first-order valence-electron chi connectivity index (χ1n) is 7.44. The molecule has 2 rings (SSSR count). The quantitative estimate of drug-likeness (QED) is 0.799. The molecule has 8 nitrogen and oxygen atoms in total. The zero-order valence-electron chi connectivity index (χ0n) is 13.7. The molecule has 1 aromatic heterocycles. The summed E-state index contributed by atoms with van der Waals surface area (Å²) in [5.74, 6) is 0.0221. The summed E-state index contributed by atoms with van der Waals surface area (Å²) in [6.07, 6.45) is 0.499. The van der Waals surface area contributed by atoms with E-state index in [9.17, 15) is 9.59 Å². The summed E-state index contributed by atoms with van der Waals surface area (Å²) in [7, 11) is 1.37. The first kappa shape index (κ1) is 17.5. The van der Waals surface area contributed by atoms with Crippen molar-refractivity contribution in [2.45, 2.75) is 32.6 Å². The van der Waals surface area contributed by atoms with Gasteiger partial charge < -0.3 is 19.7 Å². The molecule has 0 bridgehead atoms. The van der Waals surface area contributed by atoms with Crippen LogP contribution in [-0.4, -0.2) is 34.2 Å². The van der Waals surface area contributed by atoms with Crippen molar-refractivity contribution in [1.82, 2.24) is 10.1 Å². The number of methoxy groups -OCH3 is 1. The van der Waals surface area contributed by atoms with Gasteiger partial charge in [0, 0.05) is 30.5 Å². The molecule has 1 heterocycles. The van der Waals surface area contributed by atoms with Crippen LogP contribution >= 0.6 is 0 Å². The van der Waals surface area contributed by atoms with Crippen molar-refractivity contribution in [3.63, 3.8) is 0 Å². The van der Waals surface area contributed by atoms with Crippen molar-refractivity contribution in [1.29, 1.82) is 0 Å². The number of aromatic nitrogens is 2. The van der Waals surface area contributed by atoms with E-state index >= 15 is 0 Å². The summed E-state index contributed by atoms with van der Waals surface area (Å²) in [4.78, 5) is 27.2. The number of aromatic carboxylic acids is 1. The molecule has 0 saturated carbocycles. The number of ether oxygens (including phenoxy) is 1. The highest BCUT2D eigenvalue weighted by molar-refractivity contribution is 5.94. The maximum absolute atomic E-state index is 12.0. The Bertz CT molecular complexity index is 739. The van der Waals surface area contributed by atoms with Crippen LogP contribution in [0.15, 0.2) is 22.7 Å². The Kier molecular flexibility index (Phi) is 5.51. The standard InChI is InChI=1S/C16H19N3O5/c1-9(2)15-18-14(24-19-15)7-6-13(20)17-10-4-5-11(16(21)22)12(8-10)23-3/h4-5,8-9H,6-7H2,1-3H3,(H,17,20)(H,21,22). The lowest BCUT2D eigenvalue weighted by Crippen LogP contribution is -2.13. The van der Waals surface area contributed by atoms with Crippen LogP contribution in [0, 0.1) is 0 Å². The van der Waals surface area contributed by atoms with Crippen molar-refractivity contribution in [2.75, 3.05) is 12.4 Å². The monoisotopic (exact) mass is 333 g/mol. The summed E-state index contributed by atoms with van der Waals surface area (Å²) < 4.78 is 10.1. The number of aryl methyl sites for hydroxylation is 1. The lowest BCUT2D eigenvalue weighted by molar-refractivity contribution is -0.116. The number of carbonyl (C=O) groups is 2. The molecule has 0 atom stereocenters. The number of benzene rings is 1. The Labute approximate surface area is 138 Å². The van der Waals surface area contributed by atoms with Crippen molar-refractivity contribution in [3.05, 3.63) is 35.5 Å². The summed E-state index contributed by atoms with van der Waals surface area (Å²) in [6.45, 7) is 3.91. The van der Waals surface area contributed by atoms with Crippen LogP contribution in [0.1, 0.15) is 48.3 Å². The van der Waals surface area contributed by atoms with Gasteiger partial charge in [0.2, 0.25) is 11.8 Å². The summed E-state index contributed by atoms with van der Waals surface area (Å²) in [5, 5.41) is 15.5. The SMILES string of the molecule is COc1cc(NC(=O)CCc2nc(C(C)C)no2)ccc1C(=O)O. The zero-order valence-corrected chi connectivity index (χ0v) is 13.7. The van der Waals surface area contributed by atoms with Crippen LogP contribution in [0.3, 0.4) is 0 Å². The number of carboxylic acid groups (broad SMARTS) is 1. The molecule has 0 unspecified atom stereocenters. The largest absolute Gasteiger partial charge is 0.496 e. The third-order valence-corrected chi connectivity index (χ3v) is 3.28. The zero-order chi connectivity index (χ0) is 17.7. The van der Waals surface area contributed by atoms with E-state index in [1.807, 2.05) is 13.8 Å². The molecule has 0 spiro atoms. The average molecular weight is 333 g/mol. The topological polar surface area (TPSA) is 115 Å². The van der Waals surface area contributed by atoms with E-state index < -0.39 is 5.97 Å². The molecule has 0 saturated heterocycles. The lowest BCUT2D eigenvalue weighted by Gasteiger charge is -2.09. The minimum absolute atomic E-state index is 0.0302. The third kappa shape index (κ3) is 4.31. The van der Waals surface area contributed by atoms with Crippen molar-refractivity contribution in [3.8, 4) is 5.75 Å². The van der Waals surface area contributed by atoms with Crippen LogP contribution in [0.25, 0.3) is 0 Å². The maximum Gasteiger partial charge on any atom is 0.339 e. The minimum Gasteiger partial charge on any atom is -0.496 e. The molecule has 2 N–H and O–H groups in total. The van der Waals surface area contributed by atoms with Crippen molar-refractivity contribution in [2.24, 2.45) is 0 Å². The number of nitrogens with zero attached hydrogens (tertiary/aromatic N) is 2. The molecule has 0 aliphatic rings. The van der Waals surface area contributed by atoms with Gasteiger partial charge in [-0.05, 0) is 12.1 Å². The molecular weight excluding hydrogens is 314 g/mol. The van der Waals surface area contributed by atoms with E-state index in [-0.39, 0.29) is 29.6 Å². The number of nitrogens with one attached hydrogen (secondary N) is 1. The first-order chi connectivity index (χ1) is 11.4. The number of hydrogen-bond donors (Lipinski definition) is 2. The van der Waals surface area contributed by atoms with E-state index in [1.165, 1.54) is 25.3 Å². The van der Waals surface area contributed by atoms with E-state index in [1.54, 1.807) is 0 Å². The number of rotatable bonds is 7. The highest BCUT2D eigenvalue weighted by Crippen LogP contribution is 2.23. The second kappa shape index (κ2) is 7.58. The minimum atomic E-state index is -1.10. The van der Waals surface area contributed by atoms with Crippen LogP contribution in [0.2, 0.25) is 0 Å². The van der Waals surface area contributed by atoms with E-state index in [0.29, 0.717) is 23.8 Å². The summed E-state index contributed by atoms with van der Waals surface area (Å²) >= 11 is 0. The molecule has 0 aliphatic heterocycles. The fourth-order valence-electron chi connectivity index (χ4n) is 1.99. The average Bonchev–Trinajstić information content (AvgIpc) is 3.01. The highest BCUT2D eigenvalue weighted by atomic mass is 16.5. The van der Waals surface area contributed by atoms with Gasteiger partial charge in [0.25, 0.3) is 0 Å². The number of anilines is 1. The molecule has 8 heteroatoms. The summed E-state index contributed by atoms with van der Waals surface area (Å²) in [6, 6.07) is 4.35.